The van der Waals surface area contributed by atoms with Crippen molar-refractivity contribution in [2.24, 2.45) is 0 Å². The highest BCUT2D eigenvalue weighted by atomic mass is 35.5. The Morgan fingerprint density at radius 2 is 1.89 bits per heavy atom. The maximum absolute atomic E-state index is 6.05. The Bertz CT molecular complexity index is 740. The summed E-state index contributed by atoms with van der Waals surface area (Å²) in [6.45, 7) is 0. The Morgan fingerprint density at radius 3 is 2.63 bits per heavy atom. The van der Waals surface area contributed by atoms with Crippen LogP contribution in [0, 0.1) is 0 Å². The van der Waals surface area contributed by atoms with Crippen molar-refractivity contribution in [1.82, 2.24) is 9.97 Å². The Balaban J connectivity index is 2.11. The fraction of sp³-hybridized carbons (Fsp3) is 0.0769. The van der Waals surface area contributed by atoms with Crippen molar-refractivity contribution in [3.8, 4) is 11.3 Å². The van der Waals surface area contributed by atoms with E-state index in [1.807, 2.05) is 24.3 Å². The Labute approximate surface area is 124 Å². The summed E-state index contributed by atoms with van der Waals surface area (Å²) in [7, 11) is 0. The smallest absolute Gasteiger partial charge is 0.165 e. The van der Waals surface area contributed by atoms with E-state index in [2.05, 4.69) is 9.97 Å². The van der Waals surface area contributed by atoms with Crippen LogP contribution in [0.15, 0.2) is 41.1 Å². The second-order valence-electron chi connectivity index (χ2n) is 3.90. The molecule has 3 rings (SSSR count). The number of rotatable bonds is 2. The van der Waals surface area contributed by atoms with Crippen LogP contribution in [0.2, 0.25) is 5.15 Å². The molecule has 0 atom stereocenters. The molecule has 0 fully saturated rings. The van der Waals surface area contributed by atoms with Crippen LogP contribution < -0.4 is 0 Å². The second kappa shape index (κ2) is 5.00. The average Bonchev–Trinajstić information content (AvgIpc) is 2.89. The normalized spacial score (nSPS) is 11.4. The molecule has 1 aromatic carbocycles. The molecule has 0 unspecified atom stereocenters. The van der Waals surface area contributed by atoms with E-state index in [4.69, 9.17) is 39.2 Å². The van der Waals surface area contributed by atoms with E-state index >= 15 is 0 Å². The zero-order chi connectivity index (χ0) is 13.4. The molecule has 0 spiro atoms. The number of nitrogens with zero attached hydrogens (tertiary/aromatic N) is 2. The highest BCUT2D eigenvalue weighted by molar-refractivity contribution is 6.43. The van der Waals surface area contributed by atoms with Gasteiger partial charge >= 0.3 is 0 Å². The predicted octanol–water partition coefficient (Wildman–Crippen LogP) is 5.02. The van der Waals surface area contributed by atoms with Crippen LogP contribution >= 0.6 is 34.8 Å². The SMILES string of the molecule is Clc1ncnc2ccc(-c3ccc(C(Cl)Cl)o3)cc12. The van der Waals surface area contributed by atoms with Gasteiger partial charge in [-0.05, 0) is 30.3 Å². The van der Waals surface area contributed by atoms with E-state index in [1.165, 1.54) is 6.33 Å². The van der Waals surface area contributed by atoms with Crippen molar-refractivity contribution in [3.63, 3.8) is 0 Å². The summed E-state index contributed by atoms with van der Waals surface area (Å²) in [5.74, 6) is 1.18. The van der Waals surface area contributed by atoms with Crippen LogP contribution in [0.4, 0.5) is 0 Å². The Kier molecular flexibility index (Phi) is 3.35. The van der Waals surface area contributed by atoms with E-state index in [1.54, 1.807) is 6.07 Å². The number of hydrogen-bond acceptors (Lipinski definition) is 3. The van der Waals surface area contributed by atoms with Gasteiger partial charge in [0, 0.05) is 10.9 Å². The van der Waals surface area contributed by atoms with Crippen LogP contribution in [0.5, 0.6) is 0 Å². The van der Waals surface area contributed by atoms with Crippen molar-refractivity contribution in [3.05, 3.63) is 47.6 Å². The van der Waals surface area contributed by atoms with Gasteiger partial charge in [-0.15, -0.1) is 0 Å². The zero-order valence-corrected chi connectivity index (χ0v) is 11.7. The van der Waals surface area contributed by atoms with Crippen molar-refractivity contribution in [2.45, 2.75) is 4.84 Å². The zero-order valence-electron chi connectivity index (χ0n) is 9.48. The van der Waals surface area contributed by atoms with E-state index in [9.17, 15) is 0 Å². The van der Waals surface area contributed by atoms with Crippen LogP contribution in [0.25, 0.3) is 22.2 Å². The fourth-order valence-corrected chi connectivity index (χ4v) is 2.23. The first-order chi connectivity index (χ1) is 9.15. The summed E-state index contributed by atoms with van der Waals surface area (Å²) in [5, 5.41) is 1.18. The third kappa shape index (κ3) is 2.41. The minimum atomic E-state index is -0.680. The van der Waals surface area contributed by atoms with Gasteiger partial charge in [0.1, 0.15) is 23.0 Å². The lowest BCUT2D eigenvalue weighted by Gasteiger charge is -2.02. The lowest BCUT2D eigenvalue weighted by atomic mass is 10.1. The Morgan fingerprint density at radius 1 is 1.05 bits per heavy atom. The molecule has 0 aliphatic rings. The van der Waals surface area contributed by atoms with Crippen molar-refractivity contribution in [1.29, 1.82) is 0 Å². The lowest BCUT2D eigenvalue weighted by Crippen LogP contribution is -1.84. The maximum Gasteiger partial charge on any atom is 0.165 e. The fourth-order valence-electron chi connectivity index (χ4n) is 1.80. The summed E-state index contributed by atoms with van der Waals surface area (Å²) in [6.07, 6.45) is 1.43. The summed E-state index contributed by atoms with van der Waals surface area (Å²) >= 11 is 17.6. The van der Waals surface area contributed by atoms with Crippen LogP contribution in [-0.4, -0.2) is 9.97 Å². The van der Waals surface area contributed by atoms with E-state index < -0.39 is 4.84 Å². The monoisotopic (exact) mass is 312 g/mol. The summed E-state index contributed by atoms with van der Waals surface area (Å²) in [5.41, 5.74) is 1.65. The molecule has 3 aromatic rings. The second-order valence-corrected chi connectivity index (χ2v) is 5.35. The van der Waals surface area contributed by atoms with Gasteiger partial charge in [0.05, 0.1) is 5.52 Å². The van der Waals surface area contributed by atoms with Gasteiger partial charge in [0.25, 0.3) is 0 Å². The number of halogens is 3. The number of hydrogen-bond donors (Lipinski definition) is 0. The van der Waals surface area contributed by atoms with E-state index in [-0.39, 0.29) is 0 Å². The number of benzene rings is 1. The molecule has 0 N–H and O–H groups in total. The molecule has 0 aliphatic carbocycles. The summed E-state index contributed by atoms with van der Waals surface area (Å²) in [6, 6.07) is 9.18. The minimum Gasteiger partial charge on any atom is -0.458 e. The first kappa shape index (κ1) is 12.7. The molecule has 0 amide bonds. The molecule has 2 aromatic heterocycles. The molecule has 2 heterocycles. The maximum atomic E-state index is 6.05. The quantitative estimate of drug-likeness (QED) is 0.492. The summed E-state index contributed by atoms with van der Waals surface area (Å²) in [4.78, 5) is 7.42. The first-order valence-electron chi connectivity index (χ1n) is 5.43. The molecular weight excluding hydrogens is 307 g/mol. The molecule has 96 valence electrons. The topological polar surface area (TPSA) is 38.9 Å². The molecule has 0 radical (unpaired) electrons. The molecular formula is C13H7Cl3N2O. The molecule has 3 nitrogen and oxygen atoms in total. The van der Waals surface area contributed by atoms with Gasteiger partial charge in [-0.2, -0.15) is 0 Å². The van der Waals surface area contributed by atoms with Crippen molar-refractivity contribution < 1.29 is 4.42 Å². The average molecular weight is 314 g/mol. The van der Waals surface area contributed by atoms with Crippen molar-refractivity contribution >= 4 is 45.7 Å². The lowest BCUT2D eigenvalue weighted by molar-refractivity contribution is 0.540. The van der Waals surface area contributed by atoms with Crippen LogP contribution in [0.3, 0.4) is 0 Å². The van der Waals surface area contributed by atoms with E-state index in [0.29, 0.717) is 16.7 Å². The van der Waals surface area contributed by atoms with Crippen molar-refractivity contribution in [2.75, 3.05) is 0 Å². The largest absolute Gasteiger partial charge is 0.458 e. The predicted molar refractivity (Wildman–Crippen MR) is 76.7 cm³/mol. The molecule has 0 saturated heterocycles. The third-order valence-corrected chi connectivity index (χ3v) is 3.44. The van der Waals surface area contributed by atoms with Gasteiger partial charge in [-0.3, -0.25) is 0 Å². The van der Waals surface area contributed by atoms with Gasteiger partial charge in [0.15, 0.2) is 4.84 Å². The van der Waals surface area contributed by atoms with Gasteiger partial charge in [-0.1, -0.05) is 34.8 Å². The number of alkyl halides is 2. The third-order valence-electron chi connectivity index (χ3n) is 2.71. The molecule has 6 heteroatoms. The van der Waals surface area contributed by atoms with Crippen LogP contribution in [-0.2, 0) is 0 Å². The first-order valence-corrected chi connectivity index (χ1v) is 6.69. The van der Waals surface area contributed by atoms with Gasteiger partial charge < -0.3 is 4.42 Å². The molecule has 19 heavy (non-hydrogen) atoms. The Hall–Kier alpha value is -1.29. The number of aromatic nitrogens is 2. The van der Waals surface area contributed by atoms with Crippen LogP contribution in [0.1, 0.15) is 10.6 Å². The number of furan rings is 1. The van der Waals surface area contributed by atoms with Gasteiger partial charge in [0.2, 0.25) is 0 Å². The van der Waals surface area contributed by atoms with Gasteiger partial charge in [-0.25, -0.2) is 9.97 Å². The molecule has 0 bridgehead atoms. The minimum absolute atomic E-state index is 0.409. The molecule has 0 saturated carbocycles. The summed E-state index contributed by atoms with van der Waals surface area (Å²) < 4.78 is 5.57. The number of fused-ring (bicyclic) bond motifs is 1. The highest BCUT2D eigenvalue weighted by Crippen LogP contribution is 2.32. The van der Waals surface area contributed by atoms with E-state index in [0.717, 1.165) is 16.5 Å². The standard InChI is InChI=1S/C13H7Cl3N2O/c14-12(15)11-4-3-10(19-11)7-1-2-9-8(5-7)13(16)18-6-17-9/h1-6,12H. The molecule has 0 aliphatic heterocycles. The highest BCUT2D eigenvalue weighted by Gasteiger charge is 2.11.